The van der Waals surface area contributed by atoms with Crippen LogP contribution in [-0.4, -0.2) is 31.9 Å². The van der Waals surface area contributed by atoms with Crippen molar-refractivity contribution in [1.82, 2.24) is 0 Å². The lowest BCUT2D eigenvalue weighted by Gasteiger charge is -2.10. The number of thiocarbonyl (C=S) groups is 1. The van der Waals surface area contributed by atoms with Crippen molar-refractivity contribution in [2.45, 2.75) is 20.0 Å². The molecule has 19 heavy (non-hydrogen) atoms. The molecule has 1 aromatic carbocycles. The van der Waals surface area contributed by atoms with Crippen molar-refractivity contribution in [2.75, 3.05) is 17.1 Å². The number of hydrogen-bond acceptors (Lipinski definition) is 4. The van der Waals surface area contributed by atoms with Crippen molar-refractivity contribution in [3.8, 4) is 0 Å². The van der Waals surface area contributed by atoms with Crippen LogP contribution >= 0.6 is 12.2 Å². The summed E-state index contributed by atoms with van der Waals surface area (Å²) in [4.78, 5) is 0.278. The lowest BCUT2D eigenvalue weighted by atomic mass is 10.2. The molecule has 0 saturated heterocycles. The zero-order valence-corrected chi connectivity index (χ0v) is 12.6. The number of hydrogen-bond donors (Lipinski definition) is 2. The Morgan fingerprint density at radius 2 is 1.95 bits per heavy atom. The minimum absolute atomic E-state index is 0.0139. The van der Waals surface area contributed by atoms with Gasteiger partial charge in [0.25, 0.3) is 0 Å². The molecule has 0 amide bonds. The summed E-state index contributed by atoms with van der Waals surface area (Å²) in [7, 11) is -3.40. The van der Waals surface area contributed by atoms with Gasteiger partial charge in [0.2, 0.25) is 10.0 Å². The predicted octanol–water partition coefficient (Wildman–Crippen LogP) is 1.49. The van der Waals surface area contributed by atoms with Gasteiger partial charge in [0.15, 0.2) is 0 Å². The molecule has 0 bridgehead atoms. The molecule has 0 unspecified atom stereocenters. The van der Waals surface area contributed by atoms with Gasteiger partial charge in [0.1, 0.15) is 4.99 Å². The first-order chi connectivity index (χ1) is 8.80. The SMILES string of the molecule is CC(C)OCCS(=O)(=O)Nc1ccc(C(N)=S)cc1. The predicted molar refractivity (Wildman–Crippen MR) is 80.8 cm³/mol. The number of rotatable bonds is 7. The van der Waals surface area contributed by atoms with E-state index in [1.807, 2.05) is 13.8 Å². The number of nitrogens with one attached hydrogen (secondary N) is 1. The molecule has 0 atom stereocenters. The zero-order valence-electron chi connectivity index (χ0n) is 10.9. The second-order valence-electron chi connectivity index (χ2n) is 4.28. The van der Waals surface area contributed by atoms with Crippen molar-refractivity contribution in [3.05, 3.63) is 29.8 Å². The molecule has 0 aliphatic heterocycles. The van der Waals surface area contributed by atoms with Gasteiger partial charge < -0.3 is 10.5 Å². The van der Waals surface area contributed by atoms with Crippen LogP contribution in [0.15, 0.2) is 24.3 Å². The van der Waals surface area contributed by atoms with E-state index in [2.05, 4.69) is 4.72 Å². The molecule has 0 heterocycles. The van der Waals surface area contributed by atoms with Crippen molar-refractivity contribution in [1.29, 1.82) is 0 Å². The van der Waals surface area contributed by atoms with E-state index in [1.54, 1.807) is 24.3 Å². The molecule has 0 saturated carbocycles. The van der Waals surface area contributed by atoms with Gasteiger partial charge >= 0.3 is 0 Å². The third-order valence-electron chi connectivity index (χ3n) is 2.25. The summed E-state index contributed by atoms with van der Waals surface area (Å²) in [5.74, 6) is -0.0811. The Labute approximate surface area is 119 Å². The van der Waals surface area contributed by atoms with Crippen molar-refractivity contribution in [2.24, 2.45) is 5.73 Å². The first-order valence-corrected chi connectivity index (χ1v) is 7.88. The minimum atomic E-state index is -3.40. The smallest absolute Gasteiger partial charge is 0.234 e. The van der Waals surface area contributed by atoms with E-state index in [-0.39, 0.29) is 23.5 Å². The second kappa shape index (κ2) is 6.83. The van der Waals surface area contributed by atoms with Gasteiger partial charge in [-0.2, -0.15) is 0 Å². The maximum Gasteiger partial charge on any atom is 0.234 e. The maximum absolute atomic E-state index is 11.8. The molecule has 0 fully saturated rings. The number of benzene rings is 1. The summed E-state index contributed by atoms with van der Waals surface area (Å²) in [5.41, 5.74) is 6.63. The average molecular weight is 302 g/mol. The van der Waals surface area contributed by atoms with Crippen LogP contribution in [0.4, 0.5) is 5.69 Å². The summed E-state index contributed by atoms with van der Waals surface area (Å²) in [5, 5.41) is 0. The van der Waals surface area contributed by atoms with Crippen molar-refractivity contribution in [3.63, 3.8) is 0 Å². The molecule has 1 aromatic rings. The molecular formula is C12H18N2O3S2. The highest BCUT2D eigenvalue weighted by molar-refractivity contribution is 7.92. The fraction of sp³-hybridized carbons (Fsp3) is 0.417. The Hall–Kier alpha value is -1.18. The van der Waals surface area contributed by atoms with Gasteiger partial charge in [-0.05, 0) is 38.1 Å². The van der Waals surface area contributed by atoms with Crippen LogP contribution in [0.25, 0.3) is 0 Å². The lowest BCUT2D eigenvalue weighted by molar-refractivity contribution is 0.0913. The van der Waals surface area contributed by atoms with Gasteiger partial charge in [-0.15, -0.1) is 0 Å². The Morgan fingerprint density at radius 3 is 2.42 bits per heavy atom. The molecule has 0 radical (unpaired) electrons. The average Bonchev–Trinajstić information content (AvgIpc) is 2.28. The van der Waals surface area contributed by atoms with Crippen LogP contribution in [0.2, 0.25) is 0 Å². The van der Waals surface area contributed by atoms with Gasteiger partial charge in [-0.25, -0.2) is 8.42 Å². The van der Waals surface area contributed by atoms with Gasteiger partial charge in [0.05, 0.1) is 18.5 Å². The highest BCUT2D eigenvalue weighted by Gasteiger charge is 2.11. The first kappa shape index (κ1) is 15.9. The highest BCUT2D eigenvalue weighted by Crippen LogP contribution is 2.11. The van der Waals surface area contributed by atoms with Crippen LogP contribution in [0.5, 0.6) is 0 Å². The van der Waals surface area contributed by atoms with Crippen molar-refractivity contribution >= 4 is 32.9 Å². The minimum Gasteiger partial charge on any atom is -0.389 e. The Morgan fingerprint density at radius 1 is 1.37 bits per heavy atom. The van der Waals surface area contributed by atoms with E-state index in [4.69, 9.17) is 22.7 Å². The molecule has 106 valence electrons. The lowest BCUT2D eigenvalue weighted by Crippen LogP contribution is -2.21. The van der Waals surface area contributed by atoms with Crippen molar-refractivity contribution < 1.29 is 13.2 Å². The van der Waals surface area contributed by atoms with Crippen LogP contribution in [0, 0.1) is 0 Å². The molecule has 7 heteroatoms. The summed E-state index contributed by atoms with van der Waals surface area (Å²) < 4.78 is 31.2. The maximum atomic E-state index is 11.8. The number of ether oxygens (including phenoxy) is 1. The third-order valence-corrected chi connectivity index (χ3v) is 3.73. The monoisotopic (exact) mass is 302 g/mol. The number of sulfonamides is 1. The van der Waals surface area contributed by atoms with E-state index < -0.39 is 10.0 Å². The molecule has 0 spiro atoms. The molecule has 0 aliphatic carbocycles. The molecular weight excluding hydrogens is 284 g/mol. The largest absolute Gasteiger partial charge is 0.389 e. The Kier molecular flexibility index (Phi) is 5.71. The van der Waals surface area contributed by atoms with E-state index in [9.17, 15) is 8.42 Å². The highest BCUT2D eigenvalue weighted by atomic mass is 32.2. The molecule has 0 aromatic heterocycles. The van der Waals surface area contributed by atoms with E-state index in [1.165, 1.54) is 0 Å². The van der Waals surface area contributed by atoms with E-state index in [0.717, 1.165) is 0 Å². The standard InChI is InChI=1S/C12H18N2O3S2/c1-9(2)17-7-8-19(15,16)14-11-5-3-10(4-6-11)12(13)18/h3-6,9,14H,7-8H2,1-2H3,(H2,13,18). The van der Waals surface area contributed by atoms with Crippen LogP contribution in [0.1, 0.15) is 19.4 Å². The fourth-order valence-corrected chi connectivity index (χ4v) is 2.38. The summed E-state index contributed by atoms with van der Waals surface area (Å²) >= 11 is 4.82. The fourth-order valence-electron chi connectivity index (χ4n) is 1.33. The van der Waals surface area contributed by atoms with Gasteiger partial charge in [0, 0.05) is 11.3 Å². The number of nitrogens with two attached hydrogens (primary N) is 1. The quantitative estimate of drug-likeness (QED) is 0.746. The van der Waals surface area contributed by atoms with Crippen LogP contribution in [0.3, 0.4) is 0 Å². The summed E-state index contributed by atoms with van der Waals surface area (Å²) in [6, 6.07) is 6.58. The molecule has 3 N–H and O–H groups in total. The molecule has 1 rings (SSSR count). The number of anilines is 1. The van der Waals surface area contributed by atoms with Crippen LogP contribution < -0.4 is 10.5 Å². The summed E-state index contributed by atoms with van der Waals surface area (Å²) in [6.45, 7) is 3.88. The van der Waals surface area contributed by atoms with E-state index >= 15 is 0 Å². The van der Waals surface area contributed by atoms with Gasteiger partial charge in [-0.3, -0.25) is 4.72 Å². The zero-order chi connectivity index (χ0) is 14.5. The normalized spacial score (nSPS) is 11.5. The Balaban J connectivity index is 2.60. The first-order valence-electron chi connectivity index (χ1n) is 5.82. The molecule has 0 aliphatic rings. The second-order valence-corrected chi connectivity index (χ2v) is 6.56. The topological polar surface area (TPSA) is 81.4 Å². The summed E-state index contributed by atoms with van der Waals surface area (Å²) in [6.07, 6.45) is 0.0139. The van der Waals surface area contributed by atoms with Crippen LogP contribution in [-0.2, 0) is 14.8 Å². The van der Waals surface area contributed by atoms with Gasteiger partial charge in [-0.1, -0.05) is 12.2 Å². The molecule has 5 nitrogen and oxygen atoms in total. The third kappa shape index (κ3) is 6.00. The Bertz CT molecular complexity index is 524. The van der Waals surface area contributed by atoms with E-state index in [0.29, 0.717) is 11.3 Å².